The first kappa shape index (κ1) is 12.9. The van der Waals surface area contributed by atoms with Crippen LogP contribution in [-0.2, 0) is 6.42 Å². The summed E-state index contributed by atoms with van der Waals surface area (Å²) in [4.78, 5) is 0.804. The average Bonchev–Trinajstić information content (AvgIpc) is 3.18. The van der Waals surface area contributed by atoms with E-state index in [1.807, 2.05) is 29.6 Å². The van der Waals surface area contributed by atoms with Gasteiger partial charge in [0.05, 0.1) is 0 Å². The minimum absolute atomic E-state index is 0.619. The summed E-state index contributed by atoms with van der Waals surface area (Å²) >= 11 is 9.41. The molecule has 0 fully saturated rings. The summed E-state index contributed by atoms with van der Waals surface area (Å²) in [6.45, 7) is 0. The van der Waals surface area contributed by atoms with Crippen molar-refractivity contribution in [2.24, 2.45) is 0 Å². The molecule has 0 radical (unpaired) electrons. The lowest BCUT2D eigenvalue weighted by atomic mass is 10.1. The molecular weight excluding hydrogens is 324 g/mol. The fourth-order valence-electron chi connectivity index (χ4n) is 2.08. The molecule has 0 amide bonds. The van der Waals surface area contributed by atoms with Crippen molar-refractivity contribution in [1.82, 2.24) is 19.8 Å². The van der Waals surface area contributed by atoms with Crippen LogP contribution in [0.3, 0.4) is 0 Å². The molecule has 0 atom stereocenters. The van der Waals surface area contributed by atoms with E-state index in [9.17, 15) is 0 Å². The fourth-order valence-corrected chi connectivity index (χ4v) is 3.85. The summed E-state index contributed by atoms with van der Waals surface area (Å²) in [6.07, 6.45) is 0.619. The Morgan fingerprint density at radius 2 is 2.05 bits per heavy atom. The summed E-state index contributed by atoms with van der Waals surface area (Å²) in [7, 11) is 0. The van der Waals surface area contributed by atoms with Gasteiger partial charge in [0, 0.05) is 22.4 Å². The predicted octanol–water partition coefficient (Wildman–Crippen LogP) is 4.16. The fraction of sp³-hybridized carbons (Fsp3) is 0.0714. The molecule has 4 aromatic rings. The van der Waals surface area contributed by atoms with Gasteiger partial charge in [-0.25, -0.2) is 0 Å². The monoisotopic (exact) mass is 332 g/mol. The van der Waals surface area contributed by atoms with Crippen molar-refractivity contribution in [2.75, 3.05) is 0 Å². The maximum absolute atomic E-state index is 6.20. The van der Waals surface area contributed by atoms with Crippen molar-refractivity contribution >= 4 is 39.2 Å². The van der Waals surface area contributed by atoms with Crippen LogP contribution in [0.5, 0.6) is 0 Å². The van der Waals surface area contributed by atoms with Crippen molar-refractivity contribution in [3.05, 3.63) is 57.5 Å². The molecule has 4 nitrogen and oxygen atoms in total. The third kappa shape index (κ3) is 2.35. The number of thiophene rings is 1. The van der Waals surface area contributed by atoms with Crippen LogP contribution in [-0.4, -0.2) is 19.8 Å². The molecular formula is C14H9ClN4S2. The largest absolute Gasteiger partial charge is 0.234 e. The maximum atomic E-state index is 6.20. The Labute approximate surface area is 133 Å². The first-order chi connectivity index (χ1) is 10.3. The van der Waals surface area contributed by atoms with Gasteiger partial charge in [-0.1, -0.05) is 41.1 Å². The smallest absolute Gasteiger partial charge is 0.187 e. The van der Waals surface area contributed by atoms with Crippen LogP contribution in [0.4, 0.5) is 0 Å². The van der Waals surface area contributed by atoms with Gasteiger partial charge in [-0.3, -0.25) is 0 Å². The molecule has 0 spiro atoms. The van der Waals surface area contributed by atoms with Gasteiger partial charge < -0.3 is 0 Å². The molecule has 4 rings (SSSR count). The summed E-state index contributed by atoms with van der Waals surface area (Å²) in [6, 6.07) is 9.83. The zero-order valence-corrected chi connectivity index (χ0v) is 13.1. The summed E-state index contributed by atoms with van der Waals surface area (Å²) in [5, 5.41) is 18.9. The molecule has 1 aromatic carbocycles. The minimum Gasteiger partial charge on any atom is -0.187 e. The third-order valence-electron chi connectivity index (χ3n) is 3.13. The third-order valence-corrected chi connectivity index (χ3v) is 5.13. The highest BCUT2D eigenvalue weighted by Crippen LogP contribution is 2.27. The van der Waals surface area contributed by atoms with Crippen molar-refractivity contribution in [3.8, 4) is 10.6 Å². The van der Waals surface area contributed by atoms with E-state index in [4.69, 9.17) is 11.6 Å². The Morgan fingerprint density at radius 1 is 1.14 bits per heavy atom. The molecule has 104 valence electrons. The predicted molar refractivity (Wildman–Crippen MR) is 86.2 cm³/mol. The molecule has 3 aromatic heterocycles. The van der Waals surface area contributed by atoms with E-state index in [1.165, 1.54) is 0 Å². The van der Waals surface area contributed by atoms with Crippen LogP contribution in [0.2, 0.25) is 5.02 Å². The standard InChI is InChI=1S/C14H9ClN4S2/c15-11-4-2-1-3-9(11)7-12-16-17-14-19(12)18-13(21-14)10-5-6-20-8-10/h1-6,8H,7H2. The van der Waals surface area contributed by atoms with E-state index in [1.54, 1.807) is 27.2 Å². The van der Waals surface area contributed by atoms with Gasteiger partial charge >= 0.3 is 0 Å². The lowest BCUT2D eigenvalue weighted by Gasteiger charge is -2.00. The second kappa shape index (κ2) is 5.22. The number of hydrogen-bond donors (Lipinski definition) is 0. The molecule has 0 bridgehead atoms. The Morgan fingerprint density at radius 3 is 2.86 bits per heavy atom. The molecule has 0 aliphatic heterocycles. The topological polar surface area (TPSA) is 43.1 Å². The van der Waals surface area contributed by atoms with Gasteiger partial charge in [0.15, 0.2) is 5.82 Å². The summed E-state index contributed by atoms with van der Waals surface area (Å²) in [5.41, 5.74) is 2.15. The molecule has 21 heavy (non-hydrogen) atoms. The number of fused-ring (bicyclic) bond motifs is 1. The van der Waals surface area contributed by atoms with Crippen LogP contribution in [0, 0.1) is 0 Å². The number of nitrogens with zero attached hydrogens (tertiary/aromatic N) is 4. The van der Waals surface area contributed by atoms with Crippen LogP contribution in [0.15, 0.2) is 41.1 Å². The zero-order valence-electron chi connectivity index (χ0n) is 10.7. The molecule has 7 heteroatoms. The lowest BCUT2D eigenvalue weighted by molar-refractivity contribution is 0.854. The SMILES string of the molecule is Clc1ccccc1Cc1nnc2sc(-c3ccsc3)nn12. The quantitative estimate of drug-likeness (QED) is 0.566. The number of hydrogen-bond acceptors (Lipinski definition) is 5. The van der Waals surface area contributed by atoms with Gasteiger partial charge in [0.25, 0.3) is 0 Å². The molecule has 0 saturated carbocycles. The van der Waals surface area contributed by atoms with Crippen LogP contribution in [0.25, 0.3) is 15.5 Å². The normalized spacial score (nSPS) is 11.3. The van der Waals surface area contributed by atoms with Crippen LogP contribution < -0.4 is 0 Å². The van der Waals surface area contributed by atoms with E-state index in [2.05, 4.69) is 26.7 Å². The molecule has 0 aliphatic rings. The Hall–Kier alpha value is -1.76. The van der Waals surface area contributed by atoms with E-state index in [-0.39, 0.29) is 0 Å². The second-order valence-corrected chi connectivity index (χ2v) is 6.64. The maximum Gasteiger partial charge on any atom is 0.234 e. The van der Waals surface area contributed by atoms with Crippen molar-refractivity contribution in [3.63, 3.8) is 0 Å². The molecule has 0 unspecified atom stereocenters. The number of aromatic nitrogens is 4. The van der Waals surface area contributed by atoms with Crippen LogP contribution >= 0.6 is 34.3 Å². The van der Waals surface area contributed by atoms with Gasteiger partial charge in [-0.2, -0.15) is 21.0 Å². The summed E-state index contributed by atoms with van der Waals surface area (Å²) < 4.78 is 1.81. The molecule has 0 aliphatic carbocycles. The summed E-state index contributed by atoms with van der Waals surface area (Å²) in [5.74, 6) is 0.802. The highest BCUT2D eigenvalue weighted by atomic mass is 35.5. The van der Waals surface area contributed by atoms with Crippen LogP contribution in [0.1, 0.15) is 11.4 Å². The molecule has 0 N–H and O–H groups in total. The van der Waals surface area contributed by atoms with Gasteiger partial charge in [-0.15, -0.1) is 10.2 Å². The number of benzene rings is 1. The Balaban J connectivity index is 1.75. The first-order valence-corrected chi connectivity index (χ1v) is 8.42. The van der Waals surface area contributed by atoms with Gasteiger partial charge in [-0.05, 0) is 23.1 Å². The highest BCUT2D eigenvalue weighted by Gasteiger charge is 2.14. The zero-order chi connectivity index (χ0) is 14.2. The first-order valence-electron chi connectivity index (χ1n) is 6.28. The molecule has 3 heterocycles. The average molecular weight is 333 g/mol. The number of rotatable bonds is 3. The van der Waals surface area contributed by atoms with Crippen molar-refractivity contribution < 1.29 is 0 Å². The van der Waals surface area contributed by atoms with E-state index in [0.29, 0.717) is 6.42 Å². The Bertz CT molecular complexity index is 895. The highest BCUT2D eigenvalue weighted by molar-refractivity contribution is 7.20. The van der Waals surface area contributed by atoms with E-state index < -0.39 is 0 Å². The van der Waals surface area contributed by atoms with E-state index >= 15 is 0 Å². The van der Waals surface area contributed by atoms with Crippen molar-refractivity contribution in [2.45, 2.75) is 6.42 Å². The minimum atomic E-state index is 0.619. The lowest BCUT2D eigenvalue weighted by Crippen LogP contribution is -1.98. The molecule has 0 saturated heterocycles. The number of halogens is 1. The Kier molecular flexibility index (Phi) is 3.21. The van der Waals surface area contributed by atoms with Gasteiger partial charge in [0.2, 0.25) is 4.96 Å². The van der Waals surface area contributed by atoms with E-state index in [0.717, 1.165) is 31.9 Å². The van der Waals surface area contributed by atoms with Gasteiger partial charge in [0.1, 0.15) is 5.01 Å². The van der Waals surface area contributed by atoms with Crippen molar-refractivity contribution in [1.29, 1.82) is 0 Å². The second-order valence-electron chi connectivity index (χ2n) is 4.50.